The molecule has 0 rings (SSSR count). The van der Waals surface area contributed by atoms with E-state index in [1.165, 1.54) is 0 Å². The Morgan fingerprint density at radius 3 is 1.67 bits per heavy atom. The first-order valence-corrected chi connectivity index (χ1v) is 7.64. The van der Waals surface area contributed by atoms with Gasteiger partial charge < -0.3 is 13.3 Å². The van der Waals surface area contributed by atoms with Crippen LogP contribution in [0.2, 0.25) is 0 Å². The van der Waals surface area contributed by atoms with E-state index >= 15 is 0 Å². The van der Waals surface area contributed by atoms with Crippen LogP contribution in [0.1, 0.15) is 40.5 Å². The van der Waals surface area contributed by atoms with E-state index in [2.05, 4.69) is 13.0 Å². The van der Waals surface area contributed by atoms with Gasteiger partial charge in [0.1, 0.15) is 0 Å². The maximum absolute atomic E-state index is 5.66. The van der Waals surface area contributed by atoms with E-state index in [9.17, 15) is 0 Å². The highest BCUT2D eigenvalue weighted by Gasteiger charge is 2.37. The van der Waals surface area contributed by atoms with Crippen LogP contribution in [0.4, 0.5) is 0 Å². The van der Waals surface area contributed by atoms with Crippen LogP contribution >= 0.6 is 0 Å². The quantitative estimate of drug-likeness (QED) is 0.572. The summed E-state index contributed by atoms with van der Waals surface area (Å²) in [6.07, 6.45) is 4.28. The molecule has 3 nitrogen and oxygen atoms in total. The fourth-order valence-corrected chi connectivity index (χ4v) is 3.47. The van der Waals surface area contributed by atoms with Crippen LogP contribution in [-0.4, -0.2) is 28.6 Å². The third-order valence-corrected chi connectivity index (χ3v) is 4.53. The molecule has 0 aromatic rings. The van der Waals surface area contributed by atoms with E-state index in [1.807, 2.05) is 26.5 Å². The highest BCUT2D eigenvalue weighted by molar-refractivity contribution is 6.66. The van der Waals surface area contributed by atoms with E-state index in [4.69, 9.17) is 13.3 Å². The molecule has 0 saturated heterocycles. The summed E-state index contributed by atoms with van der Waals surface area (Å²) in [5.74, 6) is 0. The van der Waals surface area contributed by atoms with Gasteiger partial charge >= 0.3 is 8.80 Å². The summed E-state index contributed by atoms with van der Waals surface area (Å²) in [5, 5.41) is 0. The summed E-state index contributed by atoms with van der Waals surface area (Å²) in [6, 6.07) is 0. The number of allylic oxidation sites excluding steroid dienone is 1. The van der Waals surface area contributed by atoms with Gasteiger partial charge in [-0.05, 0) is 32.9 Å². The van der Waals surface area contributed by atoms with Crippen LogP contribution in [0.3, 0.4) is 0 Å². The molecule has 0 aromatic heterocycles. The van der Waals surface area contributed by atoms with Crippen molar-refractivity contribution in [1.29, 1.82) is 0 Å². The molecule has 0 aliphatic heterocycles. The molecule has 0 bridgehead atoms. The molecular weight excluding hydrogens is 208 g/mol. The maximum atomic E-state index is 5.66. The lowest BCUT2D eigenvalue weighted by Gasteiger charge is -2.25. The van der Waals surface area contributed by atoms with Gasteiger partial charge in [-0.3, -0.25) is 0 Å². The molecule has 0 aliphatic rings. The largest absolute Gasteiger partial charge is 0.529 e. The molecule has 0 heterocycles. The van der Waals surface area contributed by atoms with Gasteiger partial charge in [-0.1, -0.05) is 19.4 Å². The highest BCUT2D eigenvalue weighted by Crippen LogP contribution is 2.12. The number of hydrogen-bond acceptors (Lipinski definition) is 3. The van der Waals surface area contributed by atoms with Crippen molar-refractivity contribution in [2.24, 2.45) is 0 Å². The Morgan fingerprint density at radius 1 is 0.867 bits per heavy atom. The predicted octanol–water partition coefficient (Wildman–Crippen LogP) is 2.93. The van der Waals surface area contributed by atoms with Crippen LogP contribution in [0.5, 0.6) is 0 Å². The Labute approximate surface area is 94.8 Å². The molecule has 0 amide bonds. The summed E-state index contributed by atoms with van der Waals surface area (Å²) in [4.78, 5) is 0. The van der Waals surface area contributed by atoms with Gasteiger partial charge in [0.15, 0.2) is 0 Å². The maximum Gasteiger partial charge on any atom is 0.529 e. The fraction of sp³-hybridized carbons (Fsp3) is 0.818. The molecular formula is C11H24O3Si. The second kappa shape index (κ2) is 9.09. The van der Waals surface area contributed by atoms with E-state index < -0.39 is 8.80 Å². The van der Waals surface area contributed by atoms with E-state index in [0.717, 1.165) is 12.8 Å². The third-order valence-electron chi connectivity index (χ3n) is 1.81. The normalized spacial score (nSPS) is 12.5. The molecule has 4 heteroatoms. The van der Waals surface area contributed by atoms with Crippen molar-refractivity contribution >= 4 is 8.80 Å². The van der Waals surface area contributed by atoms with Gasteiger partial charge in [0.25, 0.3) is 0 Å². The van der Waals surface area contributed by atoms with Gasteiger partial charge in [-0.25, -0.2) is 0 Å². The van der Waals surface area contributed by atoms with Crippen molar-refractivity contribution in [3.05, 3.63) is 11.8 Å². The van der Waals surface area contributed by atoms with Crippen LogP contribution in [0.15, 0.2) is 11.8 Å². The van der Waals surface area contributed by atoms with E-state index in [1.54, 1.807) is 0 Å². The minimum atomic E-state index is -2.51. The first kappa shape index (κ1) is 14.8. The molecule has 0 fully saturated rings. The van der Waals surface area contributed by atoms with Gasteiger partial charge in [-0.15, -0.1) is 0 Å². The molecule has 0 aliphatic carbocycles. The molecule has 0 spiro atoms. The molecule has 0 saturated carbocycles. The highest BCUT2D eigenvalue weighted by atomic mass is 28.4. The number of unbranched alkanes of at least 4 members (excludes halogenated alkanes) is 1. The van der Waals surface area contributed by atoms with Crippen molar-refractivity contribution in [3.63, 3.8) is 0 Å². The fourth-order valence-electron chi connectivity index (χ4n) is 1.27. The van der Waals surface area contributed by atoms with Crippen molar-refractivity contribution < 1.29 is 13.3 Å². The van der Waals surface area contributed by atoms with Crippen molar-refractivity contribution in [2.45, 2.75) is 40.5 Å². The molecule has 0 atom stereocenters. The molecule has 0 radical (unpaired) electrons. The zero-order valence-electron chi connectivity index (χ0n) is 10.4. The predicted molar refractivity (Wildman–Crippen MR) is 64.7 cm³/mol. The van der Waals surface area contributed by atoms with Crippen molar-refractivity contribution in [3.8, 4) is 0 Å². The van der Waals surface area contributed by atoms with Crippen molar-refractivity contribution in [2.75, 3.05) is 19.8 Å². The van der Waals surface area contributed by atoms with Gasteiger partial charge in [0.05, 0.1) is 0 Å². The summed E-state index contributed by atoms with van der Waals surface area (Å²) >= 11 is 0. The lowest BCUT2D eigenvalue weighted by molar-refractivity contribution is 0.0842. The van der Waals surface area contributed by atoms with Crippen LogP contribution in [0, 0.1) is 0 Å². The zero-order valence-corrected chi connectivity index (χ0v) is 11.4. The van der Waals surface area contributed by atoms with Crippen molar-refractivity contribution in [1.82, 2.24) is 0 Å². The Hall–Kier alpha value is -0.163. The molecule has 0 N–H and O–H groups in total. The second-order valence-corrected chi connectivity index (χ2v) is 5.50. The minimum absolute atomic E-state index is 0.628. The Kier molecular flexibility index (Phi) is 8.99. The monoisotopic (exact) mass is 232 g/mol. The first-order chi connectivity index (χ1) is 7.24. The minimum Gasteiger partial charge on any atom is -0.371 e. The molecule has 0 aromatic carbocycles. The van der Waals surface area contributed by atoms with Gasteiger partial charge in [0.2, 0.25) is 0 Å². The summed E-state index contributed by atoms with van der Waals surface area (Å²) < 4.78 is 17.0. The average molecular weight is 232 g/mol. The Morgan fingerprint density at radius 2 is 1.33 bits per heavy atom. The lowest BCUT2D eigenvalue weighted by Crippen LogP contribution is -2.44. The summed E-state index contributed by atoms with van der Waals surface area (Å²) in [6.45, 7) is 9.93. The second-order valence-electron chi connectivity index (χ2n) is 3.09. The Balaban J connectivity index is 4.44. The average Bonchev–Trinajstić information content (AvgIpc) is 2.19. The van der Waals surface area contributed by atoms with Gasteiger partial charge in [0, 0.05) is 19.8 Å². The van der Waals surface area contributed by atoms with Crippen LogP contribution in [0.25, 0.3) is 0 Å². The zero-order chi connectivity index (χ0) is 11.6. The molecule has 0 unspecified atom stereocenters. The Bertz CT molecular complexity index is 154. The number of hydrogen-bond donors (Lipinski definition) is 0. The standard InChI is InChI=1S/C11H24O3Si/c1-5-9-10-11-15(12-6-2,13-7-3)14-8-4/h10-11H,5-9H2,1-4H3/b11-10-. The topological polar surface area (TPSA) is 27.7 Å². The first-order valence-electron chi connectivity index (χ1n) is 5.84. The smallest absolute Gasteiger partial charge is 0.371 e. The molecule has 15 heavy (non-hydrogen) atoms. The third kappa shape index (κ3) is 6.09. The number of rotatable bonds is 9. The molecule has 90 valence electrons. The summed E-state index contributed by atoms with van der Waals surface area (Å²) in [7, 11) is -2.51. The SMILES string of the molecule is CCC/C=C\[Si](OCC)(OCC)OCC. The van der Waals surface area contributed by atoms with Crippen LogP contribution in [-0.2, 0) is 13.3 Å². The van der Waals surface area contributed by atoms with Crippen LogP contribution < -0.4 is 0 Å². The lowest BCUT2D eigenvalue weighted by atomic mass is 10.3. The van der Waals surface area contributed by atoms with Gasteiger partial charge in [-0.2, -0.15) is 0 Å². The summed E-state index contributed by atoms with van der Waals surface area (Å²) in [5.41, 5.74) is 2.01. The van der Waals surface area contributed by atoms with E-state index in [-0.39, 0.29) is 0 Å². The van der Waals surface area contributed by atoms with E-state index in [0.29, 0.717) is 19.8 Å².